The Morgan fingerprint density at radius 1 is 1.48 bits per heavy atom. The van der Waals surface area contributed by atoms with Crippen molar-refractivity contribution in [3.63, 3.8) is 0 Å². The van der Waals surface area contributed by atoms with Gasteiger partial charge in [-0.2, -0.15) is 4.31 Å². The van der Waals surface area contributed by atoms with E-state index in [9.17, 15) is 13.2 Å². The summed E-state index contributed by atoms with van der Waals surface area (Å²) in [7, 11) is -3.94. The lowest BCUT2D eigenvalue weighted by atomic mass is 10.2. The van der Waals surface area contributed by atoms with Crippen molar-refractivity contribution in [3.05, 3.63) is 28.8 Å². The number of carbonyl (C=O) groups is 1. The van der Waals surface area contributed by atoms with E-state index in [1.807, 2.05) is 0 Å². The quantitative estimate of drug-likeness (QED) is 0.811. The van der Waals surface area contributed by atoms with Crippen LogP contribution in [0.1, 0.15) is 19.4 Å². The molecule has 1 aromatic carbocycles. The van der Waals surface area contributed by atoms with Gasteiger partial charge in [-0.25, -0.2) is 8.42 Å². The summed E-state index contributed by atoms with van der Waals surface area (Å²) in [5.74, 6) is 1.10. The number of halogens is 1. The normalized spacial score (nSPS) is 11.6. The Morgan fingerprint density at radius 3 is 2.52 bits per heavy atom. The Morgan fingerprint density at radius 2 is 2.10 bits per heavy atom. The fourth-order valence-corrected chi connectivity index (χ4v) is 3.61. The molecular weight excluding hydrogens is 314 g/mol. The van der Waals surface area contributed by atoms with Gasteiger partial charge in [0.2, 0.25) is 10.0 Å². The van der Waals surface area contributed by atoms with Crippen LogP contribution >= 0.6 is 11.6 Å². The smallest absolute Gasteiger partial charge is 0.318 e. The lowest BCUT2D eigenvalue weighted by Crippen LogP contribution is -2.38. The molecule has 7 heteroatoms. The van der Waals surface area contributed by atoms with Gasteiger partial charge in [0.15, 0.2) is 0 Å². The van der Waals surface area contributed by atoms with Crippen molar-refractivity contribution in [3.8, 4) is 12.3 Å². The minimum Gasteiger partial charge on any atom is -0.480 e. The number of rotatable bonds is 6. The largest absolute Gasteiger partial charge is 0.480 e. The fraction of sp³-hybridized carbons (Fsp3) is 0.357. The zero-order valence-electron chi connectivity index (χ0n) is 11.7. The molecule has 0 bridgehead atoms. The van der Waals surface area contributed by atoms with Gasteiger partial charge >= 0.3 is 5.97 Å². The average molecular weight is 330 g/mol. The third-order valence-corrected chi connectivity index (χ3v) is 4.73. The number of hydrogen-bond donors (Lipinski definition) is 1. The molecule has 0 fully saturated rings. The van der Waals surface area contributed by atoms with E-state index in [2.05, 4.69) is 5.92 Å². The van der Waals surface area contributed by atoms with Crippen LogP contribution in [0, 0.1) is 18.3 Å². The highest BCUT2D eigenvalue weighted by atomic mass is 35.5. The molecule has 0 heterocycles. The van der Waals surface area contributed by atoms with Crippen molar-refractivity contribution in [2.24, 2.45) is 5.92 Å². The summed E-state index contributed by atoms with van der Waals surface area (Å²) < 4.78 is 25.9. The minimum absolute atomic E-state index is 0.0143. The van der Waals surface area contributed by atoms with Crippen molar-refractivity contribution in [1.29, 1.82) is 0 Å². The first-order valence-electron chi connectivity index (χ1n) is 6.16. The third-order valence-electron chi connectivity index (χ3n) is 2.61. The van der Waals surface area contributed by atoms with Crippen LogP contribution in [0.5, 0.6) is 0 Å². The summed E-state index contributed by atoms with van der Waals surface area (Å²) in [6.45, 7) is 3.11. The summed E-state index contributed by atoms with van der Waals surface area (Å²) in [6.07, 6.45) is 5.23. The average Bonchev–Trinajstić information content (AvgIpc) is 2.36. The molecule has 5 nitrogen and oxygen atoms in total. The zero-order valence-corrected chi connectivity index (χ0v) is 13.3. The van der Waals surface area contributed by atoms with Gasteiger partial charge in [0.05, 0.1) is 9.92 Å². The molecule has 0 saturated carbocycles. The third kappa shape index (κ3) is 4.46. The summed E-state index contributed by atoms with van der Waals surface area (Å²) in [6, 6.07) is 3.98. The Balaban J connectivity index is 3.25. The first-order chi connectivity index (χ1) is 9.68. The summed E-state index contributed by atoms with van der Waals surface area (Å²) in [5.41, 5.74) is 0.379. The molecule has 0 atom stereocenters. The monoisotopic (exact) mass is 329 g/mol. The Labute approximate surface area is 129 Å². The van der Waals surface area contributed by atoms with Crippen LogP contribution in [0.15, 0.2) is 23.1 Å². The standard InChI is InChI=1S/C14H16ClNO4S/c1-4-11-5-6-12(7-13(11)15)21(19,20)16(8-10(2)3)9-14(17)18/h1,5-7,10H,8-9H2,2-3H3,(H,17,18). The van der Waals surface area contributed by atoms with Gasteiger partial charge in [-0.05, 0) is 24.1 Å². The van der Waals surface area contributed by atoms with Gasteiger partial charge in [0.25, 0.3) is 0 Å². The number of carboxylic acid groups (broad SMARTS) is 1. The number of nitrogens with zero attached hydrogens (tertiary/aromatic N) is 1. The van der Waals surface area contributed by atoms with E-state index in [1.54, 1.807) is 13.8 Å². The minimum atomic E-state index is -3.94. The predicted octanol–water partition coefficient (Wildman–Crippen LogP) is 2.05. The molecule has 0 aliphatic rings. The van der Waals surface area contributed by atoms with Crippen molar-refractivity contribution >= 4 is 27.6 Å². The summed E-state index contributed by atoms with van der Waals surface area (Å²) >= 11 is 5.91. The van der Waals surface area contributed by atoms with Gasteiger partial charge < -0.3 is 5.11 Å². The van der Waals surface area contributed by atoms with E-state index in [4.69, 9.17) is 23.1 Å². The van der Waals surface area contributed by atoms with Crippen LogP contribution in [0.4, 0.5) is 0 Å². The molecule has 0 spiro atoms. The Hall–Kier alpha value is -1.55. The maximum atomic E-state index is 12.5. The van der Waals surface area contributed by atoms with Gasteiger partial charge in [-0.1, -0.05) is 31.4 Å². The number of benzene rings is 1. The molecule has 0 aliphatic heterocycles. The molecule has 1 rings (SSSR count). The number of carboxylic acids is 1. The van der Waals surface area contributed by atoms with Crippen molar-refractivity contribution < 1.29 is 18.3 Å². The first kappa shape index (κ1) is 17.5. The molecule has 0 aromatic heterocycles. The second kappa shape index (κ2) is 6.94. The molecule has 0 saturated heterocycles. The number of hydrogen-bond acceptors (Lipinski definition) is 3. The lowest BCUT2D eigenvalue weighted by Gasteiger charge is -2.22. The lowest BCUT2D eigenvalue weighted by molar-refractivity contribution is -0.137. The van der Waals surface area contributed by atoms with E-state index < -0.39 is 22.5 Å². The van der Waals surface area contributed by atoms with Crippen LogP contribution < -0.4 is 0 Å². The second-order valence-corrected chi connectivity index (χ2v) is 7.22. The number of sulfonamides is 1. The highest BCUT2D eigenvalue weighted by Crippen LogP contribution is 2.23. The molecule has 0 unspecified atom stereocenters. The maximum absolute atomic E-state index is 12.5. The molecule has 0 radical (unpaired) electrons. The topological polar surface area (TPSA) is 74.7 Å². The van der Waals surface area contributed by atoms with Crippen molar-refractivity contribution in [1.82, 2.24) is 4.31 Å². The molecule has 114 valence electrons. The van der Waals surface area contributed by atoms with Crippen LogP contribution in [-0.4, -0.2) is 36.9 Å². The first-order valence-corrected chi connectivity index (χ1v) is 7.98. The molecular formula is C14H16ClNO4S. The SMILES string of the molecule is C#Cc1ccc(S(=O)(=O)N(CC(=O)O)CC(C)C)cc1Cl. The van der Waals surface area contributed by atoms with Crippen LogP contribution in [0.25, 0.3) is 0 Å². The second-order valence-electron chi connectivity index (χ2n) is 4.87. The van der Waals surface area contributed by atoms with Crippen molar-refractivity contribution in [2.45, 2.75) is 18.7 Å². The molecule has 1 aromatic rings. The van der Waals surface area contributed by atoms with Gasteiger partial charge in [0, 0.05) is 12.1 Å². The Kier molecular flexibility index (Phi) is 5.78. The predicted molar refractivity (Wildman–Crippen MR) is 80.6 cm³/mol. The summed E-state index contributed by atoms with van der Waals surface area (Å²) in [4.78, 5) is 10.8. The van der Waals surface area contributed by atoms with Gasteiger partial charge in [0.1, 0.15) is 6.54 Å². The van der Waals surface area contributed by atoms with E-state index in [0.717, 1.165) is 4.31 Å². The number of terminal acetylenes is 1. The van der Waals surface area contributed by atoms with E-state index >= 15 is 0 Å². The highest BCUT2D eigenvalue weighted by Gasteiger charge is 2.27. The van der Waals surface area contributed by atoms with E-state index in [1.165, 1.54) is 18.2 Å². The fourth-order valence-electron chi connectivity index (χ4n) is 1.73. The summed E-state index contributed by atoms with van der Waals surface area (Å²) in [5, 5.41) is 9.02. The van der Waals surface area contributed by atoms with Crippen LogP contribution in [-0.2, 0) is 14.8 Å². The molecule has 21 heavy (non-hydrogen) atoms. The maximum Gasteiger partial charge on any atom is 0.318 e. The van der Waals surface area contributed by atoms with E-state index in [0.29, 0.717) is 5.56 Å². The molecule has 0 aliphatic carbocycles. The molecule has 0 amide bonds. The van der Waals surface area contributed by atoms with Gasteiger partial charge in [-0.3, -0.25) is 4.79 Å². The van der Waals surface area contributed by atoms with E-state index in [-0.39, 0.29) is 22.4 Å². The Bertz CT molecular complexity index is 677. The zero-order chi connectivity index (χ0) is 16.2. The highest BCUT2D eigenvalue weighted by molar-refractivity contribution is 7.89. The number of aliphatic carboxylic acids is 1. The van der Waals surface area contributed by atoms with Crippen LogP contribution in [0.2, 0.25) is 5.02 Å². The van der Waals surface area contributed by atoms with Crippen LogP contribution in [0.3, 0.4) is 0 Å². The molecule has 1 N–H and O–H groups in total. The van der Waals surface area contributed by atoms with Gasteiger partial charge in [-0.15, -0.1) is 6.42 Å². The van der Waals surface area contributed by atoms with Crippen molar-refractivity contribution in [2.75, 3.05) is 13.1 Å².